The first-order chi connectivity index (χ1) is 20.8. The number of aromatic nitrogens is 1. The van der Waals surface area contributed by atoms with Crippen molar-refractivity contribution in [1.82, 2.24) is 4.57 Å². The quantitative estimate of drug-likeness (QED) is 0.213. The molecule has 0 saturated carbocycles. The predicted molar refractivity (Wildman–Crippen MR) is 170 cm³/mol. The lowest BCUT2D eigenvalue weighted by Crippen LogP contribution is -2.60. The molecule has 10 rings (SSSR count). The standard InChI is InChI=1S/C37H20BN3O/c39-21-22-9-1-2-10-24(22)23-19-31-35-32(20-23)41-30-16-5-6-17-33(30)42-34-18-8-14-28(37(34)41)38(35)27-13-7-12-26-25-11-3-4-15-29(25)40(31)36(26)27/h1-20H. The minimum Gasteiger partial charge on any atom is -0.453 e. The van der Waals surface area contributed by atoms with Gasteiger partial charge in [-0.3, -0.25) is 0 Å². The minimum atomic E-state index is 0.0378. The molecule has 0 saturated heterocycles. The second-order valence-corrected chi connectivity index (χ2v) is 11.2. The van der Waals surface area contributed by atoms with Gasteiger partial charge in [-0.2, -0.15) is 5.26 Å². The van der Waals surface area contributed by atoms with Crippen molar-refractivity contribution in [3.8, 4) is 34.4 Å². The van der Waals surface area contributed by atoms with Crippen LogP contribution in [0.4, 0.5) is 17.1 Å². The zero-order valence-corrected chi connectivity index (χ0v) is 22.4. The van der Waals surface area contributed by atoms with E-state index in [1.807, 2.05) is 30.3 Å². The van der Waals surface area contributed by atoms with E-state index < -0.39 is 0 Å². The van der Waals surface area contributed by atoms with Crippen LogP contribution >= 0.6 is 0 Å². The molecule has 4 nitrogen and oxygen atoms in total. The molecule has 0 bridgehead atoms. The van der Waals surface area contributed by atoms with Gasteiger partial charge in [-0.05, 0) is 70.0 Å². The van der Waals surface area contributed by atoms with Crippen molar-refractivity contribution in [2.24, 2.45) is 0 Å². The summed E-state index contributed by atoms with van der Waals surface area (Å²) in [6, 6.07) is 45.1. The summed E-state index contributed by atoms with van der Waals surface area (Å²) in [6.45, 7) is 0.0378. The molecule has 0 aliphatic carbocycles. The Bertz CT molecular complexity index is 2380. The van der Waals surface area contributed by atoms with Crippen LogP contribution in [0.5, 0.6) is 11.5 Å². The lowest BCUT2D eigenvalue weighted by atomic mass is 9.33. The highest BCUT2D eigenvalue weighted by molar-refractivity contribution is 7.00. The van der Waals surface area contributed by atoms with Crippen LogP contribution < -0.4 is 26.0 Å². The molecule has 5 heteroatoms. The predicted octanol–water partition coefficient (Wildman–Crippen LogP) is 7.04. The molecule has 0 spiro atoms. The number of rotatable bonds is 1. The first-order valence-corrected chi connectivity index (χ1v) is 14.2. The highest BCUT2D eigenvalue weighted by Crippen LogP contribution is 2.52. The van der Waals surface area contributed by atoms with Crippen molar-refractivity contribution < 1.29 is 4.74 Å². The Morgan fingerprint density at radius 1 is 0.643 bits per heavy atom. The van der Waals surface area contributed by atoms with Crippen molar-refractivity contribution >= 4 is 62.0 Å². The Kier molecular flexibility index (Phi) is 4.05. The lowest BCUT2D eigenvalue weighted by Gasteiger charge is -2.43. The van der Waals surface area contributed by atoms with Gasteiger partial charge in [0.1, 0.15) is 0 Å². The molecule has 6 aromatic carbocycles. The molecule has 0 N–H and O–H groups in total. The number of fused-ring (bicyclic) bond motifs is 9. The molecule has 42 heavy (non-hydrogen) atoms. The summed E-state index contributed by atoms with van der Waals surface area (Å²) >= 11 is 0. The highest BCUT2D eigenvalue weighted by Gasteiger charge is 2.45. The van der Waals surface area contributed by atoms with Crippen LogP contribution in [0.1, 0.15) is 5.56 Å². The highest BCUT2D eigenvalue weighted by atomic mass is 16.5. The van der Waals surface area contributed by atoms with Gasteiger partial charge in [-0.15, -0.1) is 0 Å². The monoisotopic (exact) mass is 533 g/mol. The summed E-state index contributed by atoms with van der Waals surface area (Å²) < 4.78 is 8.99. The Labute approximate surface area is 242 Å². The van der Waals surface area contributed by atoms with Gasteiger partial charge in [-0.25, -0.2) is 0 Å². The smallest absolute Gasteiger partial charge is 0.252 e. The van der Waals surface area contributed by atoms with E-state index in [2.05, 4.69) is 107 Å². The molecule has 7 aromatic rings. The zero-order chi connectivity index (χ0) is 27.5. The van der Waals surface area contributed by atoms with E-state index in [1.54, 1.807) is 0 Å². The van der Waals surface area contributed by atoms with Crippen molar-refractivity contribution in [2.75, 3.05) is 4.90 Å². The van der Waals surface area contributed by atoms with E-state index in [-0.39, 0.29) is 6.71 Å². The molecule has 4 heterocycles. The summed E-state index contributed by atoms with van der Waals surface area (Å²) in [6.07, 6.45) is 0. The maximum absolute atomic E-state index is 10.1. The average Bonchev–Trinajstić information content (AvgIpc) is 3.39. The molecule has 0 radical (unpaired) electrons. The lowest BCUT2D eigenvalue weighted by molar-refractivity contribution is 0.477. The molecule has 3 aliphatic heterocycles. The minimum absolute atomic E-state index is 0.0378. The first-order valence-electron chi connectivity index (χ1n) is 14.2. The van der Waals surface area contributed by atoms with Crippen LogP contribution in [0.2, 0.25) is 0 Å². The number of benzene rings is 6. The summed E-state index contributed by atoms with van der Waals surface area (Å²) in [7, 11) is 0. The van der Waals surface area contributed by atoms with Crippen molar-refractivity contribution in [3.63, 3.8) is 0 Å². The molecule has 0 unspecified atom stereocenters. The van der Waals surface area contributed by atoms with Gasteiger partial charge in [0.05, 0.1) is 28.5 Å². The van der Waals surface area contributed by atoms with E-state index in [4.69, 9.17) is 4.74 Å². The fourth-order valence-electron chi connectivity index (χ4n) is 7.59. The third-order valence-corrected chi connectivity index (χ3v) is 9.19. The van der Waals surface area contributed by atoms with Crippen LogP contribution in [-0.2, 0) is 0 Å². The molecule has 192 valence electrons. The molecule has 0 amide bonds. The molecular weight excluding hydrogens is 513 g/mol. The maximum atomic E-state index is 10.1. The number of hydrogen-bond acceptors (Lipinski definition) is 3. The largest absolute Gasteiger partial charge is 0.453 e. The second kappa shape index (κ2) is 7.72. The SMILES string of the molecule is N#Cc1ccccc1-c1cc2c3c(c1)-n1c4ccccc4c4cccc(c41)B3c1cccc3c1N2c1ccccc1O3. The van der Waals surface area contributed by atoms with Crippen LogP contribution in [0.3, 0.4) is 0 Å². The second-order valence-electron chi connectivity index (χ2n) is 11.2. The maximum Gasteiger partial charge on any atom is 0.252 e. The van der Waals surface area contributed by atoms with Crippen LogP contribution in [0.25, 0.3) is 38.6 Å². The average molecular weight is 533 g/mol. The van der Waals surface area contributed by atoms with Crippen LogP contribution in [-0.4, -0.2) is 11.3 Å². The third-order valence-electron chi connectivity index (χ3n) is 9.19. The topological polar surface area (TPSA) is 41.2 Å². The Morgan fingerprint density at radius 2 is 1.38 bits per heavy atom. The number of nitrogens with zero attached hydrogens (tertiary/aromatic N) is 3. The molecular formula is C37H20BN3O. The van der Waals surface area contributed by atoms with Gasteiger partial charge in [0, 0.05) is 27.7 Å². The van der Waals surface area contributed by atoms with E-state index in [1.165, 1.54) is 38.2 Å². The summed E-state index contributed by atoms with van der Waals surface area (Å²) in [5.74, 6) is 1.70. The molecule has 1 aromatic heterocycles. The van der Waals surface area contributed by atoms with Crippen molar-refractivity contribution in [1.29, 1.82) is 5.26 Å². The van der Waals surface area contributed by atoms with Crippen LogP contribution in [0.15, 0.2) is 121 Å². The van der Waals surface area contributed by atoms with Gasteiger partial charge < -0.3 is 14.2 Å². The van der Waals surface area contributed by atoms with E-state index in [0.717, 1.165) is 45.4 Å². The number of para-hydroxylation sites is 5. The fraction of sp³-hybridized carbons (Fsp3) is 0. The number of nitriles is 1. The third kappa shape index (κ3) is 2.58. The zero-order valence-electron chi connectivity index (χ0n) is 22.4. The first kappa shape index (κ1) is 22.0. The Hall–Kier alpha value is -5.73. The number of hydrogen-bond donors (Lipinski definition) is 0. The van der Waals surface area contributed by atoms with Gasteiger partial charge in [0.15, 0.2) is 11.5 Å². The summed E-state index contributed by atoms with van der Waals surface area (Å²) in [5.41, 5.74) is 13.3. The Balaban J connectivity index is 1.43. The molecule has 3 aliphatic rings. The van der Waals surface area contributed by atoms with E-state index in [9.17, 15) is 5.26 Å². The van der Waals surface area contributed by atoms with Crippen molar-refractivity contribution in [2.45, 2.75) is 0 Å². The molecule has 0 fully saturated rings. The van der Waals surface area contributed by atoms with Crippen LogP contribution in [0, 0.1) is 11.3 Å². The summed E-state index contributed by atoms with van der Waals surface area (Å²) in [5, 5.41) is 12.6. The Morgan fingerprint density at radius 3 is 2.33 bits per heavy atom. The molecule has 0 atom stereocenters. The fourth-order valence-corrected chi connectivity index (χ4v) is 7.59. The normalized spacial score (nSPS) is 13.3. The van der Waals surface area contributed by atoms with Crippen molar-refractivity contribution in [3.05, 3.63) is 127 Å². The van der Waals surface area contributed by atoms with Gasteiger partial charge in [-0.1, -0.05) is 78.9 Å². The van der Waals surface area contributed by atoms with E-state index >= 15 is 0 Å². The number of ether oxygens (including phenoxy) is 1. The van der Waals surface area contributed by atoms with Gasteiger partial charge in [0.2, 0.25) is 0 Å². The van der Waals surface area contributed by atoms with Gasteiger partial charge in [0.25, 0.3) is 6.71 Å². The van der Waals surface area contributed by atoms with E-state index in [0.29, 0.717) is 5.56 Å². The van der Waals surface area contributed by atoms with Gasteiger partial charge >= 0.3 is 0 Å². The summed E-state index contributed by atoms with van der Waals surface area (Å²) in [4.78, 5) is 2.38. The number of anilines is 3.